The standard InChI is InChI=1S/C7H7N3O/c8-9-10-11-4-6-2-1-5(6)3-7(4,5)6/h4H,1-3H2/t4?,5-,6+,7?/m1/s1. The lowest BCUT2D eigenvalue weighted by atomic mass is 9.76. The largest absolute Gasteiger partial charge is 0.429 e. The molecule has 0 aromatic rings. The van der Waals surface area contributed by atoms with Gasteiger partial charge >= 0.3 is 0 Å². The van der Waals surface area contributed by atoms with Crippen LogP contribution in [0.25, 0.3) is 10.4 Å². The average molecular weight is 149 g/mol. The Bertz CT molecular complexity index is 319. The fourth-order valence-electron chi connectivity index (χ4n) is 4.24. The van der Waals surface area contributed by atoms with E-state index >= 15 is 0 Å². The SMILES string of the molecule is [N-]=[N+]=NOC1C23C[C@@]24CC[C@@]134. The van der Waals surface area contributed by atoms with Crippen LogP contribution >= 0.6 is 0 Å². The molecule has 0 aromatic heterocycles. The molecule has 4 rings (SSSR count). The highest BCUT2D eigenvalue weighted by atomic mass is 16.7. The number of hydrogen-bond donors (Lipinski definition) is 0. The van der Waals surface area contributed by atoms with E-state index in [1.165, 1.54) is 19.3 Å². The molecule has 56 valence electrons. The first-order valence-corrected chi connectivity index (χ1v) is 4.06. The summed E-state index contributed by atoms with van der Waals surface area (Å²) in [5.41, 5.74) is 9.87. The third kappa shape index (κ3) is 0.191. The maximum absolute atomic E-state index is 8.04. The molecule has 4 aliphatic carbocycles. The van der Waals surface area contributed by atoms with E-state index in [9.17, 15) is 0 Å². The van der Waals surface area contributed by atoms with Crippen LogP contribution in [0, 0.1) is 16.2 Å². The van der Waals surface area contributed by atoms with Crippen molar-refractivity contribution in [2.24, 2.45) is 21.5 Å². The number of hydrogen-bond acceptors (Lipinski definition) is 2. The van der Waals surface area contributed by atoms with Gasteiger partial charge < -0.3 is 4.84 Å². The Labute approximate surface area is 63.1 Å². The Morgan fingerprint density at radius 2 is 2.36 bits per heavy atom. The van der Waals surface area contributed by atoms with Gasteiger partial charge in [-0.3, -0.25) is 0 Å². The van der Waals surface area contributed by atoms with Crippen molar-refractivity contribution in [3.05, 3.63) is 10.4 Å². The molecular weight excluding hydrogens is 142 g/mol. The summed E-state index contributed by atoms with van der Waals surface area (Å²) in [6, 6.07) is 0. The molecule has 0 N–H and O–H groups in total. The molecule has 4 nitrogen and oxygen atoms in total. The monoisotopic (exact) mass is 149 g/mol. The van der Waals surface area contributed by atoms with E-state index < -0.39 is 0 Å². The van der Waals surface area contributed by atoms with Crippen LogP contribution in [0.3, 0.4) is 0 Å². The molecule has 0 aromatic carbocycles. The first kappa shape index (κ1) is 4.88. The van der Waals surface area contributed by atoms with Gasteiger partial charge in [-0.15, -0.1) is 0 Å². The van der Waals surface area contributed by atoms with Crippen molar-refractivity contribution in [1.82, 2.24) is 0 Å². The van der Waals surface area contributed by atoms with E-state index in [4.69, 9.17) is 10.4 Å². The van der Waals surface area contributed by atoms with Gasteiger partial charge in [0.25, 0.3) is 0 Å². The first-order chi connectivity index (χ1) is 5.36. The quantitative estimate of drug-likeness (QED) is 0.255. The summed E-state index contributed by atoms with van der Waals surface area (Å²) in [4.78, 5) is 7.64. The Hall–Kier alpha value is -0.890. The van der Waals surface area contributed by atoms with Crippen molar-refractivity contribution < 1.29 is 4.84 Å². The molecule has 4 fully saturated rings. The molecule has 11 heavy (non-hydrogen) atoms. The van der Waals surface area contributed by atoms with Gasteiger partial charge in [0.2, 0.25) is 0 Å². The zero-order chi connectivity index (χ0) is 7.32. The first-order valence-electron chi connectivity index (χ1n) is 4.06. The molecule has 0 saturated heterocycles. The van der Waals surface area contributed by atoms with E-state index in [1.54, 1.807) is 0 Å². The Morgan fingerprint density at radius 1 is 1.45 bits per heavy atom. The molecular formula is C7H7N3O. The maximum Gasteiger partial charge on any atom is 0.121 e. The summed E-state index contributed by atoms with van der Waals surface area (Å²) in [6.07, 6.45) is 4.40. The highest BCUT2D eigenvalue weighted by Crippen LogP contribution is 3.20. The van der Waals surface area contributed by atoms with Gasteiger partial charge in [0.05, 0.1) is 0 Å². The molecule has 2 unspecified atom stereocenters. The molecule has 4 aliphatic rings. The fraction of sp³-hybridized carbons (Fsp3) is 1.00. The second-order valence-corrected chi connectivity index (χ2v) is 4.36. The Balaban J connectivity index is 1.63. The Kier molecular flexibility index (Phi) is 0.390. The molecule has 4 saturated carbocycles. The van der Waals surface area contributed by atoms with Crippen molar-refractivity contribution in [3.63, 3.8) is 0 Å². The van der Waals surface area contributed by atoms with Crippen molar-refractivity contribution in [1.29, 1.82) is 0 Å². The summed E-state index contributed by atoms with van der Waals surface area (Å²) in [6.45, 7) is 0. The second-order valence-electron chi connectivity index (χ2n) is 4.36. The van der Waals surface area contributed by atoms with Gasteiger partial charge in [-0.25, -0.2) is 0 Å². The van der Waals surface area contributed by atoms with E-state index in [0.717, 1.165) is 5.41 Å². The van der Waals surface area contributed by atoms with Crippen LogP contribution < -0.4 is 0 Å². The van der Waals surface area contributed by atoms with Gasteiger partial charge in [0.1, 0.15) is 11.4 Å². The topological polar surface area (TPSA) is 58.0 Å². The minimum absolute atomic E-state index is 0.319. The smallest absolute Gasteiger partial charge is 0.121 e. The lowest BCUT2D eigenvalue weighted by Crippen LogP contribution is -2.27. The number of nitrogens with zero attached hydrogens (tertiary/aromatic N) is 3. The minimum Gasteiger partial charge on any atom is -0.429 e. The van der Waals surface area contributed by atoms with Crippen molar-refractivity contribution >= 4 is 0 Å². The van der Waals surface area contributed by atoms with Gasteiger partial charge in [0, 0.05) is 15.7 Å². The molecule has 4 atom stereocenters. The lowest BCUT2D eigenvalue weighted by Gasteiger charge is -2.30. The third-order valence-electron chi connectivity index (χ3n) is 4.84. The van der Waals surface area contributed by atoms with Crippen LogP contribution in [0.5, 0.6) is 0 Å². The van der Waals surface area contributed by atoms with Gasteiger partial charge in [-0.05, 0) is 30.2 Å². The van der Waals surface area contributed by atoms with E-state index in [1.807, 2.05) is 0 Å². The summed E-state index contributed by atoms with van der Waals surface area (Å²) in [7, 11) is 0. The molecule has 0 radical (unpaired) electrons. The summed E-state index contributed by atoms with van der Waals surface area (Å²) in [5, 5.41) is 3.18. The zero-order valence-electron chi connectivity index (χ0n) is 5.95. The number of azide groups is 1. The second kappa shape index (κ2) is 0.879. The van der Waals surface area contributed by atoms with E-state index in [0.29, 0.717) is 16.9 Å². The van der Waals surface area contributed by atoms with Crippen LogP contribution in [0.1, 0.15) is 19.3 Å². The van der Waals surface area contributed by atoms with Crippen molar-refractivity contribution in [2.45, 2.75) is 25.4 Å². The van der Waals surface area contributed by atoms with Crippen molar-refractivity contribution in [2.75, 3.05) is 0 Å². The van der Waals surface area contributed by atoms with Crippen LogP contribution in [0.2, 0.25) is 0 Å². The highest BCUT2D eigenvalue weighted by molar-refractivity contribution is 5.66. The summed E-state index contributed by atoms with van der Waals surface area (Å²) >= 11 is 0. The average Bonchev–Trinajstić information content (AvgIpc) is 2.89. The van der Waals surface area contributed by atoms with Crippen LogP contribution in [-0.4, -0.2) is 6.10 Å². The summed E-state index contributed by atoms with van der Waals surface area (Å²) < 4.78 is 0. The minimum atomic E-state index is 0.319. The van der Waals surface area contributed by atoms with Crippen LogP contribution in [0.4, 0.5) is 0 Å². The van der Waals surface area contributed by atoms with Crippen LogP contribution in [-0.2, 0) is 4.84 Å². The lowest BCUT2D eigenvalue weighted by molar-refractivity contribution is 0.0136. The van der Waals surface area contributed by atoms with Gasteiger partial charge in [-0.2, -0.15) is 0 Å². The molecule has 0 heterocycles. The predicted octanol–water partition coefficient (Wildman–Crippen LogP) is 1.78. The fourth-order valence-corrected chi connectivity index (χ4v) is 4.24. The molecule has 4 heteroatoms. The molecule has 0 aliphatic heterocycles. The van der Waals surface area contributed by atoms with Crippen LogP contribution in [0.15, 0.2) is 5.28 Å². The molecule has 0 bridgehead atoms. The highest BCUT2D eigenvalue weighted by Gasteiger charge is 3.21. The molecule has 3 spiro atoms. The third-order valence-corrected chi connectivity index (χ3v) is 4.84. The normalized spacial score (nSPS) is 70.7. The van der Waals surface area contributed by atoms with Crippen molar-refractivity contribution in [3.8, 4) is 0 Å². The predicted molar refractivity (Wildman–Crippen MR) is 35.2 cm³/mol. The maximum atomic E-state index is 8.04. The van der Waals surface area contributed by atoms with Gasteiger partial charge in [-0.1, -0.05) is 0 Å². The summed E-state index contributed by atoms with van der Waals surface area (Å²) in [5.74, 6) is 0. The zero-order valence-corrected chi connectivity index (χ0v) is 5.95. The van der Waals surface area contributed by atoms with E-state index in [-0.39, 0.29) is 0 Å². The Morgan fingerprint density at radius 3 is 2.73 bits per heavy atom. The van der Waals surface area contributed by atoms with E-state index in [2.05, 4.69) is 10.2 Å². The molecule has 0 amide bonds. The number of rotatable bonds is 2. The van der Waals surface area contributed by atoms with Gasteiger partial charge in [0.15, 0.2) is 0 Å².